The molecule has 0 aromatic heterocycles. The zero-order valence-corrected chi connectivity index (χ0v) is 24.0. The molecular weight excluding hydrogens is 484 g/mol. The maximum atomic E-state index is 12.4. The minimum atomic E-state index is -0.407. The summed E-state index contributed by atoms with van der Waals surface area (Å²) in [5.41, 5.74) is 0.923. The highest BCUT2D eigenvalue weighted by Crippen LogP contribution is 2.25. The largest absolute Gasteiger partial charge is 0.494 e. The van der Waals surface area contributed by atoms with Gasteiger partial charge in [0, 0.05) is 6.08 Å². The Labute approximate surface area is 235 Å². The van der Waals surface area contributed by atoms with Crippen molar-refractivity contribution in [3.8, 4) is 17.2 Å². The van der Waals surface area contributed by atoms with Crippen LogP contribution in [-0.4, -0.2) is 19.2 Å². The Balaban J connectivity index is 1.36. The lowest BCUT2D eigenvalue weighted by molar-refractivity contribution is -0.128. The second kappa shape index (κ2) is 18.1. The van der Waals surface area contributed by atoms with E-state index in [1.807, 2.05) is 60.7 Å². The smallest absolute Gasteiger partial charge is 0.336 e. The van der Waals surface area contributed by atoms with Gasteiger partial charge >= 0.3 is 5.97 Å². The van der Waals surface area contributed by atoms with Crippen LogP contribution >= 0.6 is 0 Å². The molecule has 0 fully saturated rings. The van der Waals surface area contributed by atoms with Crippen molar-refractivity contribution in [2.24, 2.45) is 0 Å². The highest BCUT2D eigenvalue weighted by atomic mass is 16.5. The molecule has 0 unspecified atom stereocenters. The average Bonchev–Trinajstić information content (AvgIpc) is 2.96. The summed E-state index contributed by atoms with van der Waals surface area (Å²) in [5, 5.41) is 2.06. The van der Waals surface area contributed by atoms with Crippen molar-refractivity contribution in [1.82, 2.24) is 0 Å². The standard InChI is InChI=1S/C35H46O4/c1-3-5-7-8-9-10-11-12-14-26-37-32-20-15-29(16-21-32)17-24-35(36)39-34-23-19-30-27-33(22-18-31(30)28-34)38-25-13-6-4-2/h15-24,27-28H,3-14,25-26H2,1-2H3/b24-17+. The molecule has 0 aliphatic carbocycles. The first-order valence-electron chi connectivity index (χ1n) is 15.0. The molecule has 0 aliphatic rings. The third kappa shape index (κ3) is 12.0. The number of esters is 1. The fraction of sp³-hybridized carbons (Fsp3) is 0.457. The van der Waals surface area contributed by atoms with Gasteiger partial charge in [0.05, 0.1) is 13.2 Å². The molecule has 0 aliphatic heterocycles. The van der Waals surface area contributed by atoms with Crippen molar-refractivity contribution in [2.75, 3.05) is 13.2 Å². The van der Waals surface area contributed by atoms with Crippen molar-refractivity contribution in [2.45, 2.75) is 90.9 Å². The maximum Gasteiger partial charge on any atom is 0.336 e. The molecule has 210 valence electrons. The van der Waals surface area contributed by atoms with Gasteiger partial charge in [0.15, 0.2) is 0 Å². The Kier molecular flexibility index (Phi) is 14.0. The molecule has 0 heterocycles. The molecule has 0 amide bonds. The third-order valence-corrected chi connectivity index (χ3v) is 6.83. The summed E-state index contributed by atoms with van der Waals surface area (Å²) in [6, 6.07) is 19.4. The molecule has 3 rings (SSSR count). The van der Waals surface area contributed by atoms with E-state index in [2.05, 4.69) is 13.8 Å². The Hall–Kier alpha value is -3.27. The fourth-order valence-corrected chi connectivity index (χ4v) is 4.49. The zero-order chi connectivity index (χ0) is 27.5. The summed E-state index contributed by atoms with van der Waals surface area (Å²) in [4.78, 5) is 12.4. The van der Waals surface area contributed by atoms with E-state index < -0.39 is 5.97 Å². The Morgan fingerprint density at radius 2 is 1.08 bits per heavy atom. The normalized spacial score (nSPS) is 11.2. The van der Waals surface area contributed by atoms with Crippen LogP contribution < -0.4 is 14.2 Å². The number of unbranched alkanes of at least 4 members (excludes halogenated alkanes) is 10. The van der Waals surface area contributed by atoms with E-state index in [-0.39, 0.29) is 0 Å². The number of carbonyl (C=O) groups excluding carboxylic acids is 1. The average molecular weight is 531 g/mol. The van der Waals surface area contributed by atoms with Gasteiger partial charge in [-0.2, -0.15) is 0 Å². The lowest BCUT2D eigenvalue weighted by Crippen LogP contribution is -2.03. The molecule has 3 aromatic carbocycles. The molecule has 0 saturated carbocycles. The molecule has 0 atom stereocenters. The number of fused-ring (bicyclic) bond motifs is 1. The van der Waals surface area contributed by atoms with Gasteiger partial charge in [0.1, 0.15) is 17.2 Å². The summed E-state index contributed by atoms with van der Waals surface area (Å²) in [5.74, 6) is 1.84. The van der Waals surface area contributed by atoms with Crippen LogP contribution in [-0.2, 0) is 4.79 Å². The van der Waals surface area contributed by atoms with Crippen LogP contribution in [0.15, 0.2) is 66.7 Å². The molecule has 4 nitrogen and oxygen atoms in total. The number of hydrogen-bond donors (Lipinski definition) is 0. The van der Waals surface area contributed by atoms with Gasteiger partial charge in [0.2, 0.25) is 0 Å². The molecule has 39 heavy (non-hydrogen) atoms. The molecule has 0 saturated heterocycles. The Morgan fingerprint density at radius 3 is 1.74 bits per heavy atom. The van der Waals surface area contributed by atoms with E-state index >= 15 is 0 Å². The van der Waals surface area contributed by atoms with E-state index in [1.54, 1.807) is 6.08 Å². The molecular formula is C35H46O4. The highest BCUT2D eigenvalue weighted by molar-refractivity contribution is 5.90. The van der Waals surface area contributed by atoms with Crippen LogP contribution in [0.1, 0.15) is 96.5 Å². The van der Waals surface area contributed by atoms with Gasteiger partial charge < -0.3 is 14.2 Å². The van der Waals surface area contributed by atoms with Gasteiger partial charge in [-0.25, -0.2) is 4.79 Å². The van der Waals surface area contributed by atoms with E-state index in [0.717, 1.165) is 53.9 Å². The van der Waals surface area contributed by atoms with E-state index in [0.29, 0.717) is 5.75 Å². The topological polar surface area (TPSA) is 44.8 Å². The maximum absolute atomic E-state index is 12.4. The highest BCUT2D eigenvalue weighted by Gasteiger charge is 2.04. The molecule has 0 bridgehead atoms. The van der Waals surface area contributed by atoms with Crippen LogP contribution in [0.5, 0.6) is 17.2 Å². The molecule has 3 aromatic rings. The SMILES string of the molecule is CCCCCCCCCCCOc1ccc(/C=C/C(=O)Oc2ccc3cc(OCCCCC)ccc3c2)cc1. The van der Waals surface area contributed by atoms with Gasteiger partial charge in [-0.3, -0.25) is 0 Å². The Morgan fingerprint density at radius 1 is 0.590 bits per heavy atom. The van der Waals surface area contributed by atoms with E-state index in [1.165, 1.54) is 70.3 Å². The summed E-state index contributed by atoms with van der Waals surface area (Å²) >= 11 is 0. The number of carbonyl (C=O) groups is 1. The van der Waals surface area contributed by atoms with Gasteiger partial charge in [-0.05, 0) is 71.7 Å². The molecule has 0 N–H and O–H groups in total. The van der Waals surface area contributed by atoms with E-state index in [9.17, 15) is 4.79 Å². The number of hydrogen-bond acceptors (Lipinski definition) is 4. The van der Waals surface area contributed by atoms with Crippen molar-refractivity contribution in [1.29, 1.82) is 0 Å². The summed E-state index contributed by atoms with van der Waals surface area (Å²) in [6.07, 6.45) is 18.4. The monoisotopic (exact) mass is 530 g/mol. The van der Waals surface area contributed by atoms with Gasteiger partial charge in [-0.1, -0.05) is 102 Å². The van der Waals surface area contributed by atoms with Crippen LogP contribution in [0.3, 0.4) is 0 Å². The first kappa shape index (κ1) is 30.3. The first-order chi connectivity index (χ1) is 19.2. The minimum absolute atomic E-state index is 0.407. The third-order valence-electron chi connectivity index (χ3n) is 6.83. The van der Waals surface area contributed by atoms with Crippen molar-refractivity contribution in [3.63, 3.8) is 0 Å². The van der Waals surface area contributed by atoms with Crippen LogP contribution in [0.4, 0.5) is 0 Å². The molecule has 0 radical (unpaired) electrons. The summed E-state index contributed by atoms with van der Waals surface area (Å²) in [7, 11) is 0. The number of benzene rings is 3. The van der Waals surface area contributed by atoms with Crippen LogP contribution in [0, 0.1) is 0 Å². The first-order valence-corrected chi connectivity index (χ1v) is 15.0. The van der Waals surface area contributed by atoms with Crippen LogP contribution in [0.2, 0.25) is 0 Å². The number of rotatable bonds is 19. The zero-order valence-electron chi connectivity index (χ0n) is 24.0. The molecule has 4 heteroatoms. The van der Waals surface area contributed by atoms with Gasteiger partial charge in [0.25, 0.3) is 0 Å². The van der Waals surface area contributed by atoms with E-state index in [4.69, 9.17) is 14.2 Å². The second-order valence-electron chi connectivity index (χ2n) is 10.2. The fourth-order valence-electron chi connectivity index (χ4n) is 4.49. The van der Waals surface area contributed by atoms with Crippen molar-refractivity contribution >= 4 is 22.8 Å². The van der Waals surface area contributed by atoms with Gasteiger partial charge in [-0.15, -0.1) is 0 Å². The number of ether oxygens (including phenoxy) is 3. The quantitative estimate of drug-likeness (QED) is 0.0669. The van der Waals surface area contributed by atoms with Crippen LogP contribution in [0.25, 0.3) is 16.8 Å². The van der Waals surface area contributed by atoms with Crippen molar-refractivity contribution < 1.29 is 19.0 Å². The lowest BCUT2D eigenvalue weighted by atomic mass is 10.1. The predicted octanol–water partition coefficient (Wildman–Crippen LogP) is 9.94. The van der Waals surface area contributed by atoms with Crippen molar-refractivity contribution in [3.05, 3.63) is 72.3 Å². The lowest BCUT2D eigenvalue weighted by Gasteiger charge is -2.08. The second-order valence-corrected chi connectivity index (χ2v) is 10.2. The molecule has 0 spiro atoms. The predicted molar refractivity (Wildman–Crippen MR) is 163 cm³/mol. The minimum Gasteiger partial charge on any atom is -0.494 e. The Bertz CT molecular complexity index is 1130. The summed E-state index contributed by atoms with van der Waals surface area (Å²) in [6.45, 7) is 5.92. The summed E-state index contributed by atoms with van der Waals surface area (Å²) < 4.78 is 17.2.